The van der Waals surface area contributed by atoms with Gasteiger partial charge in [0.25, 0.3) is 11.1 Å². The van der Waals surface area contributed by atoms with E-state index in [1.54, 1.807) is 24.3 Å². The molecule has 35 heavy (non-hydrogen) atoms. The maximum atomic E-state index is 13.2. The summed E-state index contributed by atoms with van der Waals surface area (Å²) in [6, 6.07) is 16.0. The zero-order valence-corrected chi connectivity index (χ0v) is 20.4. The van der Waals surface area contributed by atoms with Gasteiger partial charge in [0.05, 0.1) is 23.2 Å². The first-order chi connectivity index (χ1) is 16.7. The number of nitrogens with two attached hydrogens (primary N) is 1. The third-order valence-corrected chi connectivity index (χ3v) is 6.62. The number of hydrogen-bond acceptors (Lipinski definition) is 7. The third kappa shape index (κ3) is 4.57. The van der Waals surface area contributed by atoms with Crippen LogP contribution in [-0.2, 0) is 13.6 Å². The van der Waals surface area contributed by atoms with Crippen molar-refractivity contribution in [3.63, 3.8) is 0 Å². The Hall–Kier alpha value is -3.92. The second kappa shape index (κ2) is 9.75. The van der Waals surface area contributed by atoms with Crippen molar-refractivity contribution >= 4 is 34.3 Å². The number of nitrogen functional groups attached to an aromatic ring is 1. The monoisotopic (exact) mass is 491 g/mol. The first-order valence-electron chi connectivity index (χ1n) is 11.0. The summed E-state index contributed by atoms with van der Waals surface area (Å²) in [6.45, 7) is 3.83. The molecule has 0 bridgehead atoms. The number of para-hydroxylation sites is 1. The van der Waals surface area contributed by atoms with E-state index in [0.29, 0.717) is 16.1 Å². The van der Waals surface area contributed by atoms with Crippen LogP contribution in [0.5, 0.6) is 0 Å². The van der Waals surface area contributed by atoms with Gasteiger partial charge in [0.2, 0.25) is 0 Å². The highest BCUT2D eigenvalue weighted by molar-refractivity contribution is 7.99. The highest BCUT2D eigenvalue weighted by Crippen LogP contribution is 2.22. The Labute approximate surface area is 204 Å². The van der Waals surface area contributed by atoms with Gasteiger partial charge in [-0.1, -0.05) is 54.2 Å². The molecule has 0 saturated heterocycles. The minimum atomic E-state index is -0.755. The topological polar surface area (TPSA) is 122 Å². The Morgan fingerprint density at radius 1 is 1.00 bits per heavy atom. The highest BCUT2D eigenvalue weighted by atomic mass is 32.2. The molecular weight excluding hydrogens is 466 g/mol. The summed E-state index contributed by atoms with van der Waals surface area (Å²) in [5, 5.41) is 0.855. The zero-order chi connectivity index (χ0) is 25.3. The molecule has 2 N–H and O–H groups in total. The number of carbonyl (C=O) groups is 1. The lowest BCUT2D eigenvalue weighted by atomic mass is 10.2. The molecule has 0 spiro atoms. The van der Waals surface area contributed by atoms with Crippen LogP contribution in [0.25, 0.3) is 10.9 Å². The number of benzene rings is 2. The molecule has 0 amide bonds. The van der Waals surface area contributed by atoms with Crippen LogP contribution in [0.15, 0.2) is 74.1 Å². The fourth-order valence-corrected chi connectivity index (χ4v) is 4.85. The molecule has 9 nitrogen and oxygen atoms in total. The van der Waals surface area contributed by atoms with Gasteiger partial charge < -0.3 is 5.73 Å². The molecule has 180 valence electrons. The fraction of sp³-hybridized carbons (Fsp3) is 0.240. The van der Waals surface area contributed by atoms with Gasteiger partial charge in [0.1, 0.15) is 11.4 Å². The lowest BCUT2D eigenvalue weighted by Crippen LogP contribution is -2.43. The molecule has 2 aromatic carbocycles. The van der Waals surface area contributed by atoms with Crippen LogP contribution in [-0.4, -0.2) is 30.2 Å². The van der Waals surface area contributed by atoms with Crippen molar-refractivity contribution in [2.24, 2.45) is 7.05 Å². The summed E-state index contributed by atoms with van der Waals surface area (Å²) < 4.78 is 3.63. The molecule has 0 radical (unpaired) electrons. The van der Waals surface area contributed by atoms with Crippen molar-refractivity contribution in [2.45, 2.75) is 31.6 Å². The van der Waals surface area contributed by atoms with E-state index in [0.717, 1.165) is 21.9 Å². The number of ketones is 1. The molecule has 0 saturated carbocycles. The molecule has 0 fully saturated rings. The van der Waals surface area contributed by atoms with Crippen molar-refractivity contribution < 1.29 is 4.79 Å². The number of nitrogens with zero attached hydrogens (tertiary/aromatic N) is 4. The van der Waals surface area contributed by atoms with E-state index in [-0.39, 0.29) is 35.3 Å². The molecule has 0 aliphatic heterocycles. The minimum Gasteiger partial charge on any atom is -0.384 e. The summed E-state index contributed by atoms with van der Waals surface area (Å²) in [4.78, 5) is 56.4. The fourth-order valence-electron chi connectivity index (χ4n) is 3.85. The second-order valence-corrected chi connectivity index (χ2v) is 9.31. The minimum absolute atomic E-state index is 0.117. The first kappa shape index (κ1) is 24.2. The largest absolute Gasteiger partial charge is 0.384 e. The molecule has 2 heterocycles. The van der Waals surface area contributed by atoms with Crippen LogP contribution in [0.3, 0.4) is 0 Å². The zero-order valence-electron chi connectivity index (χ0n) is 19.6. The number of thioether (sulfide) groups is 1. The Kier molecular flexibility index (Phi) is 6.74. The molecule has 0 aliphatic carbocycles. The molecule has 4 aromatic rings. The Bertz CT molecular complexity index is 1600. The summed E-state index contributed by atoms with van der Waals surface area (Å²) in [7, 11) is 1.32. The number of anilines is 1. The lowest BCUT2D eigenvalue weighted by Gasteiger charge is -2.17. The van der Waals surface area contributed by atoms with Crippen LogP contribution in [0.1, 0.15) is 35.8 Å². The van der Waals surface area contributed by atoms with Gasteiger partial charge in [-0.2, -0.15) is 0 Å². The number of carbonyl (C=O) groups excluding carboxylic acids is 1. The van der Waals surface area contributed by atoms with E-state index in [1.165, 1.54) is 16.2 Å². The molecule has 4 rings (SSSR count). The van der Waals surface area contributed by atoms with Gasteiger partial charge in [-0.15, -0.1) is 0 Å². The van der Waals surface area contributed by atoms with Gasteiger partial charge in [0, 0.05) is 13.1 Å². The highest BCUT2D eigenvalue weighted by Gasteiger charge is 2.23. The average molecular weight is 492 g/mol. The van der Waals surface area contributed by atoms with E-state index in [9.17, 15) is 19.2 Å². The normalized spacial score (nSPS) is 11.3. The standard InChI is InChI=1S/C25H25N5O4S/c1-15(2)30-22(32)17-11-7-8-12-18(17)27-24(30)35-14-19(31)20-21(26)29(25(34)28(3)23(20)33)13-16-9-5-4-6-10-16/h4-12,15H,13-14,26H2,1-3H3. The van der Waals surface area contributed by atoms with Crippen LogP contribution in [0, 0.1) is 0 Å². The summed E-state index contributed by atoms with van der Waals surface area (Å²) in [6.07, 6.45) is 0. The van der Waals surface area contributed by atoms with Gasteiger partial charge in [-0.05, 0) is 31.5 Å². The quantitative estimate of drug-likeness (QED) is 0.239. The van der Waals surface area contributed by atoms with Gasteiger partial charge in [0.15, 0.2) is 10.9 Å². The van der Waals surface area contributed by atoms with E-state index in [1.807, 2.05) is 44.2 Å². The molecule has 0 aliphatic rings. The van der Waals surface area contributed by atoms with Crippen molar-refractivity contribution in [3.05, 3.63) is 96.9 Å². The SMILES string of the molecule is CC(C)n1c(SCC(=O)c2c(N)n(Cc3ccccc3)c(=O)n(C)c2=O)nc2ccccc2c1=O. The van der Waals surface area contributed by atoms with E-state index >= 15 is 0 Å². The molecule has 2 aromatic heterocycles. The summed E-state index contributed by atoms with van der Waals surface area (Å²) in [5.41, 5.74) is 5.70. The number of rotatable bonds is 7. The maximum absolute atomic E-state index is 13.2. The third-order valence-electron chi connectivity index (χ3n) is 5.67. The van der Waals surface area contributed by atoms with E-state index in [2.05, 4.69) is 4.98 Å². The van der Waals surface area contributed by atoms with Gasteiger partial charge in [-0.25, -0.2) is 9.78 Å². The second-order valence-electron chi connectivity index (χ2n) is 8.37. The van der Waals surface area contributed by atoms with E-state index in [4.69, 9.17) is 5.73 Å². The first-order valence-corrected chi connectivity index (χ1v) is 12.0. The van der Waals surface area contributed by atoms with Crippen molar-refractivity contribution in [1.29, 1.82) is 0 Å². The number of hydrogen-bond donors (Lipinski definition) is 1. The van der Waals surface area contributed by atoms with Gasteiger partial charge in [-0.3, -0.25) is 28.1 Å². The average Bonchev–Trinajstić information content (AvgIpc) is 2.84. The van der Waals surface area contributed by atoms with Crippen LogP contribution < -0.4 is 22.5 Å². The molecule has 0 atom stereocenters. The predicted molar refractivity (Wildman–Crippen MR) is 137 cm³/mol. The van der Waals surface area contributed by atoms with Crippen LogP contribution >= 0.6 is 11.8 Å². The smallest absolute Gasteiger partial charge is 0.332 e. The van der Waals surface area contributed by atoms with Crippen LogP contribution in [0.4, 0.5) is 5.82 Å². The number of aromatic nitrogens is 4. The van der Waals surface area contributed by atoms with Gasteiger partial charge >= 0.3 is 5.69 Å². The Morgan fingerprint density at radius 2 is 1.66 bits per heavy atom. The molecule has 10 heteroatoms. The number of Topliss-reactive ketones (excluding diaryl/α,β-unsaturated/α-hetero) is 1. The van der Waals surface area contributed by atoms with E-state index < -0.39 is 17.0 Å². The number of fused-ring (bicyclic) bond motifs is 1. The summed E-state index contributed by atoms with van der Waals surface area (Å²) in [5.74, 6) is -0.909. The van der Waals surface area contributed by atoms with Crippen molar-refractivity contribution in [1.82, 2.24) is 18.7 Å². The predicted octanol–water partition coefficient (Wildman–Crippen LogP) is 2.44. The lowest BCUT2D eigenvalue weighted by molar-refractivity contribution is 0.102. The summed E-state index contributed by atoms with van der Waals surface area (Å²) >= 11 is 1.06. The Morgan fingerprint density at radius 3 is 2.34 bits per heavy atom. The molecular formula is C25H25N5O4S. The van der Waals surface area contributed by atoms with Crippen LogP contribution in [0.2, 0.25) is 0 Å². The molecule has 0 unspecified atom stereocenters. The Balaban J connectivity index is 1.72. The maximum Gasteiger partial charge on any atom is 0.332 e. The van der Waals surface area contributed by atoms with Crippen molar-refractivity contribution in [2.75, 3.05) is 11.5 Å². The van der Waals surface area contributed by atoms with Crippen molar-refractivity contribution in [3.8, 4) is 0 Å².